The number of fused-ring (bicyclic) bond motifs is 1. The van der Waals surface area contributed by atoms with E-state index in [1.165, 1.54) is 17.0 Å². The Morgan fingerprint density at radius 1 is 0.750 bits per heavy atom. The van der Waals surface area contributed by atoms with Crippen molar-refractivity contribution in [3.63, 3.8) is 0 Å². The van der Waals surface area contributed by atoms with E-state index in [0.717, 1.165) is 47.5 Å². The third-order valence-electron chi connectivity index (χ3n) is 8.84. The van der Waals surface area contributed by atoms with Crippen molar-refractivity contribution in [3.05, 3.63) is 120 Å². The number of anilines is 1. The van der Waals surface area contributed by atoms with Gasteiger partial charge >= 0.3 is 0 Å². The van der Waals surface area contributed by atoms with E-state index in [2.05, 4.69) is 5.32 Å². The maximum Gasteiger partial charge on any atom is 0.264 e. The van der Waals surface area contributed by atoms with Crippen LogP contribution < -0.4 is 19.1 Å². The fourth-order valence-corrected chi connectivity index (χ4v) is 7.74. The highest BCUT2D eigenvalue weighted by Gasteiger charge is 2.35. The number of ether oxygens (including phenoxy) is 2. The molecule has 48 heavy (non-hydrogen) atoms. The molecule has 2 amide bonds. The van der Waals surface area contributed by atoms with Crippen molar-refractivity contribution in [2.45, 2.75) is 62.0 Å². The Bertz CT molecular complexity index is 1780. The van der Waals surface area contributed by atoms with Gasteiger partial charge in [-0.2, -0.15) is 0 Å². The normalized spacial score (nSPS) is 15.2. The number of sulfonamides is 1. The van der Waals surface area contributed by atoms with Gasteiger partial charge in [0.15, 0.2) is 11.5 Å². The van der Waals surface area contributed by atoms with Crippen LogP contribution in [0.1, 0.15) is 43.2 Å². The molecule has 1 saturated carbocycles. The second kappa shape index (κ2) is 15.4. The minimum atomic E-state index is -4.22. The van der Waals surface area contributed by atoms with E-state index in [9.17, 15) is 18.0 Å². The van der Waals surface area contributed by atoms with Crippen LogP contribution in [-0.4, -0.2) is 57.0 Å². The molecular weight excluding hydrogens is 627 g/mol. The highest BCUT2D eigenvalue weighted by Crippen LogP contribution is 2.36. The summed E-state index contributed by atoms with van der Waals surface area (Å²) in [5.41, 5.74) is 1.97. The second-order valence-corrected chi connectivity index (χ2v) is 14.1. The molecule has 10 heteroatoms. The molecule has 6 rings (SSSR count). The van der Waals surface area contributed by atoms with Gasteiger partial charge in [-0.15, -0.1) is 0 Å². The van der Waals surface area contributed by atoms with E-state index < -0.39 is 28.5 Å². The van der Waals surface area contributed by atoms with E-state index >= 15 is 0 Å². The molecule has 1 heterocycles. The number of hydrogen-bond acceptors (Lipinski definition) is 6. The van der Waals surface area contributed by atoms with Crippen LogP contribution in [0.5, 0.6) is 11.5 Å². The van der Waals surface area contributed by atoms with Crippen LogP contribution in [0, 0.1) is 0 Å². The molecule has 1 aliphatic heterocycles. The lowest BCUT2D eigenvalue weighted by Crippen LogP contribution is -2.55. The Morgan fingerprint density at radius 3 is 2.02 bits per heavy atom. The van der Waals surface area contributed by atoms with E-state index in [1.54, 1.807) is 36.4 Å². The highest BCUT2D eigenvalue weighted by atomic mass is 32.2. The smallest absolute Gasteiger partial charge is 0.264 e. The van der Waals surface area contributed by atoms with Crippen LogP contribution in [0.3, 0.4) is 0 Å². The molecule has 250 valence electrons. The average Bonchev–Trinajstić information content (AvgIpc) is 3.13. The van der Waals surface area contributed by atoms with Gasteiger partial charge in [-0.05, 0) is 48.2 Å². The van der Waals surface area contributed by atoms with Crippen molar-refractivity contribution in [2.24, 2.45) is 0 Å². The molecule has 1 N–H and O–H groups in total. The van der Waals surface area contributed by atoms with E-state index in [4.69, 9.17) is 9.47 Å². The summed E-state index contributed by atoms with van der Waals surface area (Å²) in [6, 6.07) is 31.1. The number of carbonyl (C=O) groups is 2. The van der Waals surface area contributed by atoms with Gasteiger partial charge in [0.1, 0.15) is 25.8 Å². The predicted octanol–water partition coefficient (Wildman–Crippen LogP) is 5.74. The lowest BCUT2D eigenvalue weighted by Gasteiger charge is -2.35. The van der Waals surface area contributed by atoms with Crippen molar-refractivity contribution < 1.29 is 27.5 Å². The molecule has 0 saturated heterocycles. The molecule has 1 atom stereocenters. The standard InChI is InChI=1S/C38H41N3O6S/c42-37(28-41(48(44,45)33-19-11-4-12-20-33)32-21-22-35-36(26-32)47-24-23-46-35)40(27-30-15-7-2-8-16-30)34(25-29-13-5-1-6-14-29)38(43)39-31-17-9-3-10-18-31/h1-2,4-8,11-16,19-22,26,31,34H,3,9-10,17-18,23-25,27-28H2,(H,39,43)/t34-/m1/s1. The monoisotopic (exact) mass is 667 g/mol. The van der Waals surface area contributed by atoms with Crippen LogP contribution in [0.4, 0.5) is 5.69 Å². The topological polar surface area (TPSA) is 105 Å². The summed E-state index contributed by atoms with van der Waals surface area (Å²) in [5.74, 6) is 0.149. The molecule has 0 spiro atoms. The third-order valence-corrected chi connectivity index (χ3v) is 10.6. The first-order chi connectivity index (χ1) is 23.4. The fourth-order valence-electron chi connectivity index (χ4n) is 6.31. The molecule has 0 aromatic heterocycles. The molecule has 2 aliphatic rings. The molecule has 1 fully saturated rings. The summed E-state index contributed by atoms with van der Waals surface area (Å²) in [6.45, 7) is 0.293. The van der Waals surface area contributed by atoms with Crippen molar-refractivity contribution in [1.29, 1.82) is 0 Å². The van der Waals surface area contributed by atoms with Gasteiger partial charge in [0.2, 0.25) is 11.8 Å². The van der Waals surface area contributed by atoms with Crippen LogP contribution in [0.25, 0.3) is 0 Å². The van der Waals surface area contributed by atoms with Crippen LogP contribution in [0.15, 0.2) is 114 Å². The van der Waals surface area contributed by atoms with Gasteiger partial charge in [-0.3, -0.25) is 13.9 Å². The Labute approximate surface area is 282 Å². The van der Waals surface area contributed by atoms with Crippen molar-refractivity contribution in [1.82, 2.24) is 10.2 Å². The summed E-state index contributed by atoms with van der Waals surface area (Å²) in [6.07, 6.45) is 5.29. The predicted molar refractivity (Wildman–Crippen MR) is 184 cm³/mol. The van der Waals surface area contributed by atoms with E-state index in [0.29, 0.717) is 24.7 Å². The first kappa shape index (κ1) is 33.1. The summed E-state index contributed by atoms with van der Waals surface area (Å²) >= 11 is 0. The average molecular weight is 668 g/mol. The molecule has 0 unspecified atom stereocenters. The molecule has 0 bridgehead atoms. The number of hydrogen-bond donors (Lipinski definition) is 1. The van der Waals surface area contributed by atoms with Gasteiger partial charge in [0, 0.05) is 25.1 Å². The zero-order valence-electron chi connectivity index (χ0n) is 26.9. The quantitative estimate of drug-likeness (QED) is 0.207. The fraction of sp³-hybridized carbons (Fsp3) is 0.316. The van der Waals surface area contributed by atoms with E-state index in [1.807, 2.05) is 60.7 Å². The van der Waals surface area contributed by atoms with Crippen molar-refractivity contribution in [2.75, 3.05) is 24.1 Å². The van der Waals surface area contributed by atoms with Crippen molar-refractivity contribution >= 4 is 27.5 Å². The van der Waals surface area contributed by atoms with Gasteiger partial charge in [-0.25, -0.2) is 8.42 Å². The Balaban J connectivity index is 1.39. The first-order valence-electron chi connectivity index (χ1n) is 16.5. The van der Waals surface area contributed by atoms with Gasteiger partial charge in [0.05, 0.1) is 10.6 Å². The zero-order chi connectivity index (χ0) is 33.3. The second-order valence-electron chi connectivity index (χ2n) is 12.2. The van der Waals surface area contributed by atoms with Gasteiger partial charge in [-0.1, -0.05) is 98.1 Å². The number of amides is 2. The Morgan fingerprint density at radius 2 is 1.35 bits per heavy atom. The third kappa shape index (κ3) is 7.99. The summed E-state index contributed by atoms with van der Waals surface area (Å²) < 4.78 is 41.1. The SMILES string of the molecule is O=C(NC1CCCCC1)[C@@H](Cc1ccccc1)N(Cc1ccccc1)C(=O)CN(c1ccc2c(c1)OCCO2)S(=O)(=O)c1ccccc1. The van der Waals surface area contributed by atoms with Crippen molar-refractivity contribution in [3.8, 4) is 11.5 Å². The summed E-state index contributed by atoms with van der Waals surface area (Å²) in [7, 11) is -4.22. The first-order valence-corrected chi connectivity index (χ1v) is 18.0. The van der Waals surface area contributed by atoms with Crippen LogP contribution >= 0.6 is 0 Å². The van der Waals surface area contributed by atoms with Crippen LogP contribution in [-0.2, 0) is 32.6 Å². The Hall–Kier alpha value is -4.83. The molecule has 9 nitrogen and oxygen atoms in total. The number of nitrogens with zero attached hydrogens (tertiary/aromatic N) is 2. The van der Waals surface area contributed by atoms with Gasteiger partial charge < -0.3 is 19.7 Å². The number of benzene rings is 4. The molecular formula is C38H41N3O6S. The van der Waals surface area contributed by atoms with Crippen LogP contribution in [0.2, 0.25) is 0 Å². The molecule has 4 aromatic carbocycles. The summed E-state index contributed by atoms with van der Waals surface area (Å²) in [4.78, 5) is 30.5. The molecule has 1 aliphatic carbocycles. The lowest BCUT2D eigenvalue weighted by atomic mass is 9.94. The molecule has 4 aromatic rings. The minimum Gasteiger partial charge on any atom is -0.486 e. The number of rotatable bonds is 12. The van der Waals surface area contributed by atoms with E-state index in [-0.39, 0.29) is 35.5 Å². The zero-order valence-corrected chi connectivity index (χ0v) is 27.7. The maximum atomic E-state index is 14.7. The summed E-state index contributed by atoms with van der Waals surface area (Å²) in [5, 5.41) is 3.24. The number of carbonyl (C=O) groups excluding carboxylic acids is 2. The lowest BCUT2D eigenvalue weighted by molar-refractivity contribution is -0.140. The minimum absolute atomic E-state index is 0.0332. The van der Waals surface area contributed by atoms with Gasteiger partial charge in [0.25, 0.3) is 10.0 Å². The number of nitrogens with one attached hydrogen (secondary N) is 1. The molecule has 0 radical (unpaired) electrons. The Kier molecular flexibility index (Phi) is 10.6. The largest absolute Gasteiger partial charge is 0.486 e. The highest BCUT2D eigenvalue weighted by molar-refractivity contribution is 7.92. The maximum absolute atomic E-state index is 14.7.